The predicted octanol–water partition coefficient (Wildman–Crippen LogP) is 3.48. The summed E-state index contributed by atoms with van der Waals surface area (Å²) < 4.78 is 0.909. The highest BCUT2D eigenvalue weighted by Gasteiger charge is 2.29. The van der Waals surface area contributed by atoms with Crippen LogP contribution in [0.1, 0.15) is 50.0 Å². The number of aromatic nitrogens is 1. The van der Waals surface area contributed by atoms with E-state index in [4.69, 9.17) is 0 Å². The SMILES string of the molecule is CC1(C)CCCC(NC(=O)c2cc(Br)c[nH]2)C1. The molecule has 0 saturated heterocycles. The zero-order valence-corrected chi connectivity index (χ0v) is 11.9. The normalized spacial score (nSPS) is 23.4. The minimum Gasteiger partial charge on any atom is -0.356 e. The highest BCUT2D eigenvalue weighted by atomic mass is 79.9. The number of aromatic amines is 1. The average molecular weight is 299 g/mol. The van der Waals surface area contributed by atoms with Crippen molar-refractivity contribution in [2.24, 2.45) is 5.41 Å². The van der Waals surface area contributed by atoms with E-state index in [1.54, 1.807) is 6.20 Å². The third kappa shape index (κ3) is 3.35. The highest BCUT2D eigenvalue weighted by Crippen LogP contribution is 2.35. The number of halogens is 1. The molecule has 1 aromatic heterocycles. The number of rotatable bonds is 2. The molecule has 2 N–H and O–H groups in total. The first-order valence-corrected chi connectivity index (χ1v) is 6.90. The Kier molecular flexibility index (Phi) is 3.61. The molecule has 0 bridgehead atoms. The molecule has 0 spiro atoms. The van der Waals surface area contributed by atoms with Gasteiger partial charge in [0.1, 0.15) is 5.69 Å². The smallest absolute Gasteiger partial charge is 0.267 e. The third-order valence-electron chi connectivity index (χ3n) is 3.43. The van der Waals surface area contributed by atoms with E-state index in [0.29, 0.717) is 17.2 Å². The molecular weight excluding hydrogens is 280 g/mol. The van der Waals surface area contributed by atoms with Crippen LogP contribution in [0.2, 0.25) is 0 Å². The summed E-state index contributed by atoms with van der Waals surface area (Å²) in [5, 5.41) is 3.11. The Labute approximate surface area is 110 Å². The highest BCUT2D eigenvalue weighted by molar-refractivity contribution is 9.10. The van der Waals surface area contributed by atoms with E-state index in [1.165, 1.54) is 12.8 Å². The van der Waals surface area contributed by atoms with Gasteiger partial charge in [-0.3, -0.25) is 4.79 Å². The Bertz CT molecular complexity index is 411. The maximum absolute atomic E-state index is 12.0. The van der Waals surface area contributed by atoms with Crippen molar-refractivity contribution in [2.75, 3.05) is 0 Å². The fourth-order valence-corrected chi connectivity index (χ4v) is 2.93. The summed E-state index contributed by atoms with van der Waals surface area (Å²) in [7, 11) is 0. The Balaban J connectivity index is 1.95. The fraction of sp³-hybridized carbons (Fsp3) is 0.615. The largest absolute Gasteiger partial charge is 0.356 e. The standard InChI is InChI=1S/C13H19BrN2O/c1-13(2)5-3-4-10(7-13)16-12(17)11-6-9(14)8-15-11/h6,8,10,15H,3-5,7H2,1-2H3,(H,16,17). The molecule has 1 atom stereocenters. The Morgan fingerprint density at radius 3 is 2.94 bits per heavy atom. The second-order valence-electron chi connectivity index (χ2n) is 5.66. The molecular formula is C13H19BrN2O. The van der Waals surface area contributed by atoms with Crippen LogP contribution in [0.15, 0.2) is 16.7 Å². The lowest BCUT2D eigenvalue weighted by molar-refractivity contribution is 0.0898. The average Bonchev–Trinajstić information content (AvgIpc) is 2.63. The van der Waals surface area contributed by atoms with E-state index >= 15 is 0 Å². The molecule has 94 valence electrons. The van der Waals surface area contributed by atoms with Gasteiger partial charge in [0.25, 0.3) is 5.91 Å². The van der Waals surface area contributed by atoms with E-state index in [-0.39, 0.29) is 5.91 Å². The van der Waals surface area contributed by atoms with Gasteiger partial charge in [0.15, 0.2) is 0 Å². The van der Waals surface area contributed by atoms with Crippen LogP contribution in [0.25, 0.3) is 0 Å². The summed E-state index contributed by atoms with van der Waals surface area (Å²) in [4.78, 5) is 14.9. The number of nitrogens with one attached hydrogen (secondary N) is 2. The molecule has 0 radical (unpaired) electrons. The number of carbonyl (C=O) groups excluding carboxylic acids is 1. The number of hydrogen-bond donors (Lipinski definition) is 2. The molecule has 1 aliphatic rings. The third-order valence-corrected chi connectivity index (χ3v) is 3.89. The van der Waals surface area contributed by atoms with Gasteiger partial charge in [-0.1, -0.05) is 20.3 Å². The quantitative estimate of drug-likeness (QED) is 0.863. The lowest BCUT2D eigenvalue weighted by atomic mass is 9.75. The first-order valence-electron chi connectivity index (χ1n) is 6.11. The molecule has 1 fully saturated rings. The van der Waals surface area contributed by atoms with Crippen molar-refractivity contribution in [3.8, 4) is 0 Å². The fourth-order valence-electron chi connectivity index (χ4n) is 2.58. The molecule has 1 aromatic rings. The number of carbonyl (C=O) groups is 1. The van der Waals surface area contributed by atoms with E-state index in [0.717, 1.165) is 17.3 Å². The molecule has 17 heavy (non-hydrogen) atoms. The van der Waals surface area contributed by atoms with Gasteiger partial charge in [-0.2, -0.15) is 0 Å². The Hall–Kier alpha value is -0.770. The molecule has 3 nitrogen and oxygen atoms in total. The summed E-state index contributed by atoms with van der Waals surface area (Å²) >= 11 is 3.33. The van der Waals surface area contributed by atoms with Crippen molar-refractivity contribution < 1.29 is 4.79 Å². The van der Waals surface area contributed by atoms with Gasteiger partial charge in [-0.05, 0) is 46.7 Å². The van der Waals surface area contributed by atoms with Crippen LogP contribution >= 0.6 is 15.9 Å². The van der Waals surface area contributed by atoms with Gasteiger partial charge in [0.2, 0.25) is 0 Å². The summed E-state index contributed by atoms with van der Waals surface area (Å²) in [6.07, 6.45) is 6.40. The van der Waals surface area contributed by atoms with Crippen LogP contribution in [0, 0.1) is 5.41 Å². The molecule has 4 heteroatoms. The maximum atomic E-state index is 12.0. The zero-order chi connectivity index (χ0) is 12.5. The van der Waals surface area contributed by atoms with E-state index < -0.39 is 0 Å². The predicted molar refractivity (Wildman–Crippen MR) is 72.0 cm³/mol. The van der Waals surface area contributed by atoms with Gasteiger partial charge < -0.3 is 10.3 Å². The minimum atomic E-state index is -0.00148. The maximum Gasteiger partial charge on any atom is 0.267 e. The molecule has 0 aliphatic heterocycles. The monoisotopic (exact) mass is 298 g/mol. The minimum absolute atomic E-state index is 0.00148. The molecule has 0 aromatic carbocycles. The summed E-state index contributed by atoms with van der Waals surface area (Å²) in [6, 6.07) is 2.12. The van der Waals surface area contributed by atoms with Gasteiger partial charge >= 0.3 is 0 Å². The van der Waals surface area contributed by atoms with Crippen molar-refractivity contribution in [3.05, 3.63) is 22.4 Å². The number of amides is 1. The molecule has 2 rings (SSSR count). The van der Waals surface area contributed by atoms with Crippen molar-refractivity contribution in [1.29, 1.82) is 0 Å². The molecule has 1 saturated carbocycles. The summed E-state index contributed by atoms with van der Waals surface area (Å²) in [5.74, 6) is -0.00148. The van der Waals surface area contributed by atoms with Gasteiger partial charge in [0.05, 0.1) is 0 Å². The summed E-state index contributed by atoms with van der Waals surface area (Å²) in [6.45, 7) is 4.55. The van der Waals surface area contributed by atoms with E-state index in [2.05, 4.69) is 40.1 Å². The molecule has 1 aliphatic carbocycles. The molecule has 1 amide bonds. The van der Waals surface area contributed by atoms with Crippen molar-refractivity contribution in [3.63, 3.8) is 0 Å². The van der Waals surface area contributed by atoms with Crippen LogP contribution in [0.3, 0.4) is 0 Å². The van der Waals surface area contributed by atoms with Crippen LogP contribution in [0.4, 0.5) is 0 Å². The topological polar surface area (TPSA) is 44.9 Å². The number of H-pyrrole nitrogens is 1. The lowest BCUT2D eigenvalue weighted by Gasteiger charge is -2.35. The van der Waals surface area contributed by atoms with Crippen molar-refractivity contribution >= 4 is 21.8 Å². The zero-order valence-electron chi connectivity index (χ0n) is 10.3. The van der Waals surface area contributed by atoms with E-state index in [1.807, 2.05) is 6.07 Å². The van der Waals surface area contributed by atoms with Gasteiger partial charge in [-0.15, -0.1) is 0 Å². The second kappa shape index (κ2) is 4.84. The van der Waals surface area contributed by atoms with Crippen LogP contribution in [-0.4, -0.2) is 16.9 Å². The Morgan fingerprint density at radius 1 is 1.59 bits per heavy atom. The van der Waals surface area contributed by atoms with Crippen LogP contribution in [0.5, 0.6) is 0 Å². The van der Waals surface area contributed by atoms with E-state index in [9.17, 15) is 4.79 Å². The van der Waals surface area contributed by atoms with Gasteiger partial charge in [-0.25, -0.2) is 0 Å². The van der Waals surface area contributed by atoms with Crippen molar-refractivity contribution in [2.45, 2.75) is 45.6 Å². The summed E-state index contributed by atoms with van der Waals surface area (Å²) in [5.41, 5.74) is 0.979. The number of hydrogen-bond acceptors (Lipinski definition) is 1. The molecule has 1 unspecified atom stereocenters. The first-order chi connectivity index (χ1) is 7.96. The van der Waals surface area contributed by atoms with Crippen molar-refractivity contribution in [1.82, 2.24) is 10.3 Å². The lowest BCUT2D eigenvalue weighted by Crippen LogP contribution is -2.40. The second-order valence-corrected chi connectivity index (χ2v) is 6.58. The first kappa shape index (κ1) is 12.7. The van der Waals surface area contributed by atoms with Crippen LogP contribution < -0.4 is 5.32 Å². The molecule has 1 heterocycles. The Morgan fingerprint density at radius 2 is 2.35 bits per heavy atom. The van der Waals surface area contributed by atoms with Gasteiger partial charge in [0, 0.05) is 16.7 Å². The van der Waals surface area contributed by atoms with Crippen LogP contribution in [-0.2, 0) is 0 Å².